The van der Waals surface area contributed by atoms with Crippen molar-refractivity contribution in [3.63, 3.8) is 0 Å². The Morgan fingerprint density at radius 2 is 1.33 bits per heavy atom. The van der Waals surface area contributed by atoms with Crippen molar-refractivity contribution in [3.05, 3.63) is 0 Å². The van der Waals surface area contributed by atoms with Gasteiger partial charge in [-0.1, -0.05) is 49.5 Å². The summed E-state index contributed by atoms with van der Waals surface area (Å²) >= 11 is 0. The van der Waals surface area contributed by atoms with Crippen molar-refractivity contribution in [2.24, 2.45) is 0 Å². The standard InChI is InChI=1S/C10H20NP/c1-9(2,3)12(8-7-11)10(4,5)6/h8H2,1-6H3. The van der Waals surface area contributed by atoms with Gasteiger partial charge >= 0.3 is 0 Å². The van der Waals surface area contributed by atoms with Gasteiger partial charge in [-0.15, -0.1) is 0 Å². The fourth-order valence-corrected chi connectivity index (χ4v) is 4.65. The van der Waals surface area contributed by atoms with Crippen molar-refractivity contribution in [2.45, 2.75) is 51.9 Å². The first-order valence-electron chi connectivity index (χ1n) is 4.34. The van der Waals surface area contributed by atoms with Crippen LogP contribution >= 0.6 is 7.92 Å². The topological polar surface area (TPSA) is 23.8 Å². The van der Waals surface area contributed by atoms with E-state index < -0.39 is 0 Å². The molecule has 0 aromatic heterocycles. The molecule has 2 heteroatoms. The van der Waals surface area contributed by atoms with Gasteiger partial charge in [0.1, 0.15) is 0 Å². The fraction of sp³-hybridized carbons (Fsp3) is 0.900. The van der Waals surface area contributed by atoms with Gasteiger partial charge in [0.05, 0.1) is 12.2 Å². The Labute approximate surface area is 77.9 Å². The molecule has 0 saturated carbocycles. The lowest BCUT2D eigenvalue weighted by atomic mass is 10.2. The Morgan fingerprint density at radius 3 is 1.42 bits per heavy atom. The number of hydrogen-bond acceptors (Lipinski definition) is 1. The molecule has 0 atom stereocenters. The fourth-order valence-electron chi connectivity index (χ4n) is 1.55. The highest BCUT2D eigenvalue weighted by Gasteiger charge is 2.33. The summed E-state index contributed by atoms with van der Waals surface area (Å²) in [6.45, 7) is 13.4. The molecule has 0 aliphatic heterocycles. The van der Waals surface area contributed by atoms with Crippen molar-refractivity contribution < 1.29 is 0 Å². The maximum atomic E-state index is 8.73. The molecule has 0 N–H and O–H groups in total. The van der Waals surface area contributed by atoms with Crippen LogP contribution in [0, 0.1) is 11.3 Å². The van der Waals surface area contributed by atoms with E-state index in [1.54, 1.807) is 0 Å². The van der Waals surface area contributed by atoms with Crippen LogP contribution in [0.5, 0.6) is 0 Å². The normalized spacial score (nSPS) is 13.2. The summed E-state index contributed by atoms with van der Waals surface area (Å²) in [5, 5.41) is 9.32. The molecule has 0 bridgehead atoms. The van der Waals surface area contributed by atoms with E-state index in [2.05, 4.69) is 47.6 Å². The molecule has 0 spiro atoms. The molecule has 0 fully saturated rings. The Bertz CT molecular complexity index is 163. The van der Waals surface area contributed by atoms with Gasteiger partial charge in [-0.25, -0.2) is 0 Å². The molecule has 0 aliphatic carbocycles. The van der Waals surface area contributed by atoms with Crippen LogP contribution in [0.1, 0.15) is 41.5 Å². The van der Waals surface area contributed by atoms with Crippen LogP contribution in [0.2, 0.25) is 0 Å². The third-order valence-electron chi connectivity index (χ3n) is 1.85. The van der Waals surface area contributed by atoms with E-state index in [0.29, 0.717) is 10.3 Å². The van der Waals surface area contributed by atoms with Gasteiger partial charge in [-0.2, -0.15) is 5.26 Å². The van der Waals surface area contributed by atoms with Crippen molar-refractivity contribution in [3.8, 4) is 6.07 Å². The minimum atomic E-state index is -0.204. The average molecular weight is 185 g/mol. The van der Waals surface area contributed by atoms with E-state index in [4.69, 9.17) is 5.26 Å². The van der Waals surface area contributed by atoms with Crippen LogP contribution in [-0.2, 0) is 0 Å². The highest BCUT2D eigenvalue weighted by Crippen LogP contribution is 2.58. The molecular formula is C10H20NP. The summed E-state index contributed by atoms with van der Waals surface area (Å²) in [6, 6.07) is 2.31. The molecule has 12 heavy (non-hydrogen) atoms. The predicted molar refractivity (Wildman–Crippen MR) is 56.9 cm³/mol. The second-order valence-electron chi connectivity index (χ2n) is 5.09. The van der Waals surface area contributed by atoms with Gasteiger partial charge in [0, 0.05) is 0 Å². The summed E-state index contributed by atoms with van der Waals surface area (Å²) in [7, 11) is -0.204. The quantitative estimate of drug-likeness (QED) is 0.573. The van der Waals surface area contributed by atoms with Gasteiger partial charge in [-0.05, 0) is 10.3 Å². The lowest BCUT2D eigenvalue weighted by molar-refractivity contribution is 0.708. The zero-order chi connectivity index (χ0) is 9.99. The van der Waals surface area contributed by atoms with Crippen molar-refractivity contribution in [2.75, 3.05) is 6.16 Å². The second kappa shape index (κ2) is 3.75. The summed E-state index contributed by atoms with van der Waals surface area (Å²) in [6.07, 6.45) is 0.725. The highest BCUT2D eigenvalue weighted by molar-refractivity contribution is 7.61. The minimum absolute atomic E-state index is 0.204. The molecule has 70 valence electrons. The lowest BCUT2D eigenvalue weighted by Crippen LogP contribution is -2.26. The monoisotopic (exact) mass is 185 g/mol. The van der Waals surface area contributed by atoms with Crippen molar-refractivity contribution >= 4 is 7.92 Å². The zero-order valence-electron chi connectivity index (χ0n) is 9.10. The van der Waals surface area contributed by atoms with Gasteiger partial charge in [0.2, 0.25) is 0 Å². The molecular weight excluding hydrogens is 165 g/mol. The number of nitrogens with zero attached hydrogens (tertiary/aromatic N) is 1. The number of rotatable bonds is 1. The molecule has 0 amide bonds. The van der Waals surface area contributed by atoms with Gasteiger partial charge < -0.3 is 0 Å². The molecule has 1 nitrogen and oxygen atoms in total. The smallest absolute Gasteiger partial charge is 0.0669 e. The van der Waals surface area contributed by atoms with Gasteiger partial charge in [0.25, 0.3) is 0 Å². The Hall–Kier alpha value is -0.0800. The largest absolute Gasteiger partial charge is 0.198 e. The van der Waals surface area contributed by atoms with E-state index >= 15 is 0 Å². The summed E-state index contributed by atoms with van der Waals surface area (Å²) in [4.78, 5) is 0. The number of nitriles is 1. The van der Waals surface area contributed by atoms with Crippen LogP contribution in [0.25, 0.3) is 0 Å². The minimum Gasteiger partial charge on any atom is -0.198 e. The molecule has 0 aromatic carbocycles. The summed E-state index contributed by atoms with van der Waals surface area (Å²) in [5.41, 5.74) is 0. The molecule has 0 saturated heterocycles. The van der Waals surface area contributed by atoms with Crippen LogP contribution in [0.4, 0.5) is 0 Å². The van der Waals surface area contributed by atoms with E-state index in [0.717, 1.165) is 6.16 Å². The molecule has 0 heterocycles. The van der Waals surface area contributed by atoms with Crippen LogP contribution < -0.4 is 0 Å². The molecule has 0 rings (SSSR count). The van der Waals surface area contributed by atoms with Gasteiger partial charge in [-0.3, -0.25) is 0 Å². The first-order valence-corrected chi connectivity index (χ1v) is 5.87. The van der Waals surface area contributed by atoms with E-state index in [1.807, 2.05) is 0 Å². The Kier molecular flexibility index (Phi) is 3.73. The maximum absolute atomic E-state index is 8.73. The lowest BCUT2D eigenvalue weighted by Gasteiger charge is -2.40. The molecule has 0 aliphatic rings. The van der Waals surface area contributed by atoms with Crippen molar-refractivity contribution in [1.82, 2.24) is 0 Å². The summed E-state index contributed by atoms with van der Waals surface area (Å²) in [5.74, 6) is 0. The molecule has 0 radical (unpaired) electrons. The predicted octanol–water partition coefficient (Wildman–Crippen LogP) is 3.59. The van der Waals surface area contributed by atoms with E-state index in [9.17, 15) is 0 Å². The van der Waals surface area contributed by atoms with Crippen LogP contribution in [-0.4, -0.2) is 16.5 Å². The molecule has 0 unspecified atom stereocenters. The summed E-state index contributed by atoms with van der Waals surface area (Å²) < 4.78 is 0. The first kappa shape index (κ1) is 11.9. The Balaban J connectivity index is 4.59. The van der Waals surface area contributed by atoms with E-state index in [1.165, 1.54) is 0 Å². The first-order chi connectivity index (χ1) is 5.19. The highest BCUT2D eigenvalue weighted by atomic mass is 31.1. The maximum Gasteiger partial charge on any atom is 0.0669 e. The van der Waals surface area contributed by atoms with Gasteiger partial charge in [0.15, 0.2) is 0 Å². The Morgan fingerprint density at radius 1 is 1.00 bits per heavy atom. The second-order valence-corrected chi connectivity index (χ2v) is 8.94. The van der Waals surface area contributed by atoms with Crippen LogP contribution in [0.15, 0.2) is 0 Å². The van der Waals surface area contributed by atoms with Crippen molar-refractivity contribution in [1.29, 1.82) is 5.26 Å². The van der Waals surface area contributed by atoms with Crippen LogP contribution in [0.3, 0.4) is 0 Å². The average Bonchev–Trinajstić information content (AvgIpc) is 1.77. The SMILES string of the molecule is CC(C)(C)P(CC#N)C(C)(C)C. The third-order valence-corrected chi connectivity index (χ3v) is 5.54. The molecule has 0 aromatic rings. The zero-order valence-corrected chi connectivity index (χ0v) is 10.00. The van der Waals surface area contributed by atoms with E-state index in [-0.39, 0.29) is 7.92 Å². The third kappa shape index (κ3) is 3.55. The number of hydrogen-bond donors (Lipinski definition) is 0.